The largest absolute Gasteiger partial charge is 0.481 e. The molecular formula is C16H24N2O5S. The molecule has 0 bridgehead atoms. The molecule has 1 rings (SSSR count). The number of sulfonamides is 1. The molecule has 1 aromatic rings. The Kier molecular flexibility index (Phi) is 6.92. The van der Waals surface area contributed by atoms with Gasteiger partial charge in [-0.2, -0.15) is 0 Å². The summed E-state index contributed by atoms with van der Waals surface area (Å²) in [6, 6.07) is 5.66. The third kappa shape index (κ3) is 5.61. The highest BCUT2D eigenvalue weighted by Crippen LogP contribution is 2.15. The summed E-state index contributed by atoms with van der Waals surface area (Å²) in [5, 5.41) is 9.18. The number of aliphatic carboxylic acids is 1. The molecule has 0 radical (unpaired) electrons. The van der Waals surface area contributed by atoms with E-state index in [1.54, 1.807) is 14.1 Å². The first-order chi connectivity index (χ1) is 11.0. The van der Waals surface area contributed by atoms with E-state index in [-0.39, 0.29) is 28.8 Å². The van der Waals surface area contributed by atoms with E-state index in [0.717, 1.165) is 0 Å². The van der Waals surface area contributed by atoms with Crippen LogP contribution in [0.15, 0.2) is 29.2 Å². The van der Waals surface area contributed by atoms with Crippen molar-refractivity contribution in [1.82, 2.24) is 9.62 Å². The fourth-order valence-electron chi connectivity index (χ4n) is 2.19. The molecule has 0 spiro atoms. The van der Waals surface area contributed by atoms with Gasteiger partial charge in [0.05, 0.1) is 10.8 Å². The number of carboxylic acid groups (broad SMARTS) is 1. The first kappa shape index (κ1) is 20.1. The van der Waals surface area contributed by atoms with Crippen molar-refractivity contribution in [3.63, 3.8) is 0 Å². The van der Waals surface area contributed by atoms with Crippen LogP contribution >= 0.6 is 0 Å². The van der Waals surface area contributed by atoms with Crippen molar-refractivity contribution in [3.05, 3.63) is 29.8 Å². The van der Waals surface area contributed by atoms with Crippen molar-refractivity contribution in [1.29, 1.82) is 0 Å². The van der Waals surface area contributed by atoms with Gasteiger partial charge in [-0.25, -0.2) is 13.1 Å². The minimum atomic E-state index is -3.89. The van der Waals surface area contributed by atoms with Gasteiger partial charge < -0.3 is 10.0 Å². The van der Waals surface area contributed by atoms with Crippen LogP contribution in [0.2, 0.25) is 0 Å². The van der Waals surface area contributed by atoms with Crippen LogP contribution in [-0.4, -0.2) is 50.9 Å². The SMILES string of the molecule is CC(C)CC(CNS(=O)(=O)c1cccc(C(=O)N(C)C)c1)C(=O)O. The summed E-state index contributed by atoms with van der Waals surface area (Å²) >= 11 is 0. The van der Waals surface area contributed by atoms with Gasteiger partial charge in [0.15, 0.2) is 0 Å². The predicted molar refractivity (Wildman–Crippen MR) is 90.2 cm³/mol. The average Bonchev–Trinajstić information content (AvgIpc) is 2.50. The number of carboxylic acids is 1. The van der Waals surface area contributed by atoms with Gasteiger partial charge in [0.25, 0.3) is 5.91 Å². The summed E-state index contributed by atoms with van der Waals surface area (Å²) in [6.07, 6.45) is 0.372. The molecule has 0 aliphatic carbocycles. The van der Waals surface area contributed by atoms with Crippen LogP contribution in [0.1, 0.15) is 30.6 Å². The second-order valence-electron chi connectivity index (χ2n) is 6.24. The lowest BCUT2D eigenvalue weighted by Crippen LogP contribution is -2.33. The predicted octanol–water partition coefficient (Wildman–Crippen LogP) is 1.41. The Morgan fingerprint density at radius 2 is 1.88 bits per heavy atom. The van der Waals surface area contributed by atoms with E-state index in [0.29, 0.717) is 6.42 Å². The molecule has 0 aliphatic rings. The highest BCUT2D eigenvalue weighted by Gasteiger charge is 2.23. The van der Waals surface area contributed by atoms with E-state index in [9.17, 15) is 23.1 Å². The molecule has 8 heteroatoms. The van der Waals surface area contributed by atoms with Crippen LogP contribution in [0.3, 0.4) is 0 Å². The lowest BCUT2D eigenvalue weighted by Gasteiger charge is -2.16. The van der Waals surface area contributed by atoms with Crippen LogP contribution in [0.25, 0.3) is 0 Å². The van der Waals surface area contributed by atoms with E-state index >= 15 is 0 Å². The normalized spacial score (nSPS) is 12.9. The number of nitrogens with zero attached hydrogens (tertiary/aromatic N) is 1. The Labute approximate surface area is 142 Å². The molecule has 0 fully saturated rings. The number of amides is 1. The topological polar surface area (TPSA) is 104 Å². The molecule has 0 aromatic heterocycles. The smallest absolute Gasteiger partial charge is 0.307 e. The fourth-order valence-corrected chi connectivity index (χ4v) is 3.32. The standard InChI is InChI=1S/C16H24N2O5S/c1-11(2)8-13(16(20)21)10-17-24(22,23)14-7-5-6-12(9-14)15(19)18(3)4/h5-7,9,11,13,17H,8,10H2,1-4H3,(H,20,21). The maximum atomic E-state index is 12.4. The van der Waals surface area contributed by atoms with Crippen LogP contribution in [-0.2, 0) is 14.8 Å². The summed E-state index contributed by atoms with van der Waals surface area (Å²) < 4.78 is 27.0. The van der Waals surface area contributed by atoms with Gasteiger partial charge >= 0.3 is 5.97 Å². The lowest BCUT2D eigenvalue weighted by molar-refractivity contribution is -0.142. The van der Waals surface area contributed by atoms with Gasteiger partial charge in [0.2, 0.25) is 10.0 Å². The number of benzene rings is 1. The fraction of sp³-hybridized carbons (Fsp3) is 0.500. The van der Waals surface area contributed by atoms with Crippen LogP contribution in [0, 0.1) is 11.8 Å². The van der Waals surface area contributed by atoms with Crippen molar-refractivity contribution >= 4 is 21.9 Å². The zero-order valence-electron chi connectivity index (χ0n) is 14.3. The van der Waals surface area contributed by atoms with Crippen molar-refractivity contribution < 1.29 is 23.1 Å². The number of hydrogen-bond donors (Lipinski definition) is 2. The highest BCUT2D eigenvalue weighted by atomic mass is 32.2. The first-order valence-electron chi connectivity index (χ1n) is 7.58. The minimum Gasteiger partial charge on any atom is -0.481 e. The number of nitrogens with one attached hydrogen (secondary N) is 1. The molecular weight excluding hydrogens is 332 g/mol. The first-order valence-corrected chi connectivity index (χ1v) is 9.07. The molecule has 0 saturated heterocycles. The maximum Gasteiger partial charge on any atom is 0.307 e. The van der Waals surface area contributed by atoms with E-state index < -0.39 is 21.9 Å². The van der Waals surface area contributed by atoms with Crippen molar-refractivity contribution in [2.45, 2.75) is 25.2 Å². The molecule has 1 atom stereocenters. The average molecular weight is 356 g/mol. The molecule has 1 unspecified atom stereocenters. The minimum absolute atomic E-state index is 0.0658. The monoisotopic (exact) mass is 356 g/mol. The molecule has 1 amide bonds. The van der Waals surface area contributed by atoms with Crippen molar-refractivity contribution in [2.75, 3.05) is 20.6 Å². The van der Waals surface area contributed by atoms with E-state index in [4.69, 9.17) is 0 Å². The second-order valence-corrected chi connectivity index (χ2v) is 8.01. The number of hydrogen-bond acceptors (Lipinski definition) is 4. The molecule has 0 saturated carbocycles. The number of carbonyl (C=O) groups is 2. The quantitative estimate of drug-likeness (QED) is 0.733. The van der Waals surface area contributed by atoms with Crippen LogP contribution < -0.4 is 4.72 Å². The molecule has 134 valence electrons. The molecule has 24 heavy (non-hydrogen) atoms. The Balaban J connectivity index is 2.94. The second kappa shape index (κ2) is 8.25. The number of carbonyl (C=O) groups excluding carboxylic acids is 1. The van der Waals surface area contributed by atoms with Gasteiger partial charge in [0.1, 0.15) is 0 Å². The van der Waals surface area contributed by atoms with Crippen LogP contribution in [0.5, 0.6) is 0 Å². The summed E-state index contributed by atoms with van der Waals surface area (Å²) in [6.45, 7) is 3.56. The van der Waals surface area contributed by atoms with Gasteiger partial charge in [0, 0.05) is 26.2 Å². The molecule has 7 nitrogen and oxygen atoms in total. The summed E-state index contributed by atoms with van der Waals surface area (Å²) in [5.41, 5.74) is 0.250. The number of rotatable bonds is 8. The summed E-state index contributed by atoms with van der Waals surface area (Å²) in [7, 11) is -0.741. The molecule has 0 aliphatic heterocycles. The van der Waals surface area contributed by atoms with Crippen molar-refractivity contribution in [2.24, 2.45) is 11.8 Å². The van der Waals surface area contributed by atoms with E-state index in [1.807, 2.05) is 13.8 Å². The van der Waals surface area contributed by atoms with Gasteiger partial charge in [-0.15, -0.1) is 0 Å². The zero-order valence-corrected chi connectivity index (χ0v) is 15.1. The Hall–Kier alpha value is -1.93. The van der Waals surface area contributed by atoms with E-state index in [1.165, 1.54) is 29.2 Å². The Morgan fingerprint density at radius 1 is 1.25 bits per heavy atom. The highest BCUT2D eigenvalue weighted by molar-refractivity contribution is 7.89. The lowest BCUT2D eigenvalue weighted by atomic mass is 9.98. The zero-order chi connectivity index (χ0) is 18.5. The van der Waals surface area contributed by atoms with Gasteiger partial charge in [-0.1, -0.05) is 19.9 Å². The van der Waals surface area contributed by atoms with Gasteiger partial charge in [-0.05, 0) is 30.5 Å². The van der Waals surface area contributed by atoms with Crippen LogP contribution in [0.4, 0.5) is 0 Å². The Morgan fingerprint density at radius 3 is 2.38 bits per heavy atom. The summed E-state index contributed by atoms with van der Waals surface area (Å²) in [4.78, 5) is 24.4. The molecule has 1 aromatic carbocycles. The molecule has 2 N–H and O–H groups in total. The van der Waals surface area contributed by atoms with E-state index in [2.05, 4.69) is 4.72 Å². The Bertz CT molecular complexity index is 698. The van der Waals surface area contributed by atoms with Gasteiger partial charge in [-0.3, -0.25) is 9.59 Å². The third-order valence-electron chi connectivity index (χ3n) is 3.42. The summed E-state index contributed by atoms with van der Waals surface area (Å²) in [5.74, 6) is -2.01. The van der Waals surface area contributed by atoms with Crippen molar-refractivity contribution in [3.8, 4) is 0 Å². The third-order valence-corrected chi connectivity index (χ3v) is 4.84. The molecule has 0 heterocycles. The maximum absolute atomic E-state index is 12.4.